The number of aromatic nitrogens is 5. The second-order valence-corrected chi connectivity index (χ2v) is 6.59. The summed E-state index contributed by atoms with van der Waals surface area (Å²) in [6, 6.07) is 9.94. The number of nitrogens with zero attached hydrogens (tertiary/aromatic N) is 5. The van der Waals surface area contributed by atoms with Gasteiger partial charge >= 0.3 is 6.09 Å². The molecule has 4 aromatic rings. The Morgan fingerprint density at radius 2 is 1.90 bits per heavy atom. The minimum Gasteiger partial charge on any atom is -0.382 e. The maximum atomic E-state index is 14.1. The first kappa shape index (κ1) is 19.8. The number of nitrogen functional groups attached to an aromatic ring is 2. The molecule has 0 saturated carbocycles. The highest BCUT2D eigenvalue weighted by Crippen LogP contribution is 2.30. The van der Waals surface area contributed by atoms with Gasteiger partial charge in [0.2, 0.25) is 0 Å². The number of benzene rings is 1. The van der Waals surface area contributed by atoms with Gasteiger partial charge in [0.25, 0.3) is 0 Å². The van der Waals surface area contributed by atoms with Gasteiger partial charge < -0.3 is 14.5 Å². The van der Waals surface area contributed by atoms with E-state index >= 15 is 0 Å². The average molecular weight is 520 g/mol. The Kier molecular flexibility index (Phi) is 5.31. The number of rotatable bonds is 4. The Morgan fingerprint density at radius 1 is 1.17 bits per heavy atom. The van der Waals surface area contributed by atoms with Crippen molar-refractivity contribution in [2.45, 2.75) is 6.54 Å². The summed E-state index contributed by atoms with van der Waals surface area (Å²) in [6.45, 7) is 0.159. The molecule has 3 heterocycles. The van der Waals surface area contributed by atoms with Crippen LogP contribution >= 0.6 is 23.0 Å². The number of carbonyl (C=O) groups excluding carboxylic acids is 1. The lowest BCUT2D eigenvalue weighted by Gasteiger charge is -2.09. The van der Waals surface area contributed by atoms with Crippen molar-refractivity contribution in [3.05, 3.63) is 54.0 Å². The molecule has 0 atom stereocenters. The zero-order chi connectivity index (χ0) is 21.3. The smallest absolute Gasteiger partial charge is 0.382 e. The summed E-state index contributed by atoms with van der Waals surface area (Å²) < 4.78 is 20.2. The minimum absolute atomic E-state index is 0.0358. The Bertz CT molecular complexity index is 1240. The highest BCUT2D eigenvalue weighted by Gasteiger charge is 2.20. The molecule has 0 aliphatic rings. The highest BCUT2D eigenvalue weighted by atomic mass is 127. The van der Waals surface area contributed by atoms with E-state index in [1.165, 1.54) is 29.1 Å². The third-order valence-electron chi connectivity index (χ3n) is 4.26. The van der Waals surface area contributed by atoms with E-state index in [-0.39, 0.29) is 35.5 Å². The van der Waals surface area contributed by atoms with Crippen LogP contribution in [0, 0.1) is 5.82 Å². The standard InChI is InChI=1S/C18H14FIN8O2/c19-11-6-2-1-4-9(11)8-28-17-10(5-3-7-23-17)12(27-28)16-25-14(21)13(15(22)26-16)24-18(29)30-20/h1-7H,8H2,(H,24,29)(H4,21,22,25,26). The molecule has 0 aliphatic heterocycles. The van der Waals surface area contributed by atoms with Gasteiger partial charge in [0, 0.05) is 11.8 Å². The number of hydrogen-bond acceptors (Lipinski definition) is 8. The molecule has 0 spiro atoms. The fourth-order valence-corrected chi connectivity index (χ4v) is 3.03. The molecule has 0 saturated heterocycles. The molecule has 5 N–H and O–H groups in total. The molecule has 4 rings (SSSR count). The molecule has 0 aliphatic carbocycles. The fraction of sp³-hybridized carbons (Fsp3) is 0.0556. The highest BCUT2D eigenvalue weighted by molar-refractivity contribution is 14.1. The fourth-order valence-electron chi connectivity index (χ4n) is 2.92. The van der Waals surface area contributed by atoms with E-state index in [0.29, 0.717) is 22.3 Å². The second kappa shape index (κ2) is 8.06. The van der Waals surface area contributed by atoms with E-state index in [1.54, 1.807) is 41.2 Å². The molecule has 0 bridgehead atoms. The average Bonchev–Trinajstić information content (AvgIpc) is 3.10. The van der Waals surface area contributed by atoms with Crippen molar-refractivity contribution in [1.29, 1.82) is 0 Å². The summed E-state index contributed by atoms with van der Waals surface area (Å²) in [5.41, 5.74) is 13.3. The van der Waals surface area contributed by atoms with Crippen LogP contribution in [0.3, 0.4) is 0 Å². The summed E-state index contributed by atoms with van der Waals surface area (Å²) in [5.74, 6) is -0.315. The largest absolute Gasteiger partial charge is 0.421 e. The number of fused-ring (bicyclic) bond motifs is 1. The van der Waals surface area contributed by atoms with Gasteiger partial charge in [-0.3, -0.25) is 5.32 Å². The number of nitrogens with two attached hydrogens (primary N) is 2. The van der Waals surface area contributed by atoms with Crippen molar-refractivity contribution in [2.24, 2.45) is 0 Å². The normalized spacial score (nSPS) is 10.9. The van der Waals surface area contributed by atoms with Crippen LogP contribution in [0.5, 0.6) is 0 Å². The van der Waals surface area contributed by atoms with Gasteiger partial charge in [-0.25, -0.2) is 28.8 Å². The lowest BCUT2D eigenvalue weighted by atomic mass is 10.2. The summed E-state index contributed by atoms with van der Waals surface area (Å²) in [4.78, 5) is 24.2. The molecule has 0 unspecified atom stereocenters. The third kappa shape index (κ3) is 3.68. The summed E-state index contributed by atoms with van der Waals surface area (Å²) >= 11 is 1.42. The molecule has 0 fully saturated rings. The van der Waals surface area contributed by atoms with Crippen molar-refractivity contribution in [3.8, 4) is 11.5 Å². The van der Waals surface area contributed by atoms with Crippen molar-refractivity contribution in [2.75, 3.05) is 16.8 Å². The predicted octanol–water partition coefficient (Wildman–Crippen LogP) is 3.14. The van der Waals surface area contributed by atoms with Crippen LogP contribution < -0.4 is 16.8 Å². The first-order valence-electron chi connectivity index (χ1n) is 8.55. The SMILES string of the molecule is Nc1nc(-c2nn(Cc3ccccc3F)c3ncccc23)nc(N)c1NC(=O)OI. The molecule has 12 heteroatoms. The quantitative estimate of drug-likeness (QED) is 0.348. The third-order valence-corrected chi connectivity index (χ3v) is 4.66. The molecule has 0 radical (unpaired) electrons. The van der Waals surface area contributed by atoms with Gasteiger partial charge in [-0.1, -0.05) is 18.2 Å². The van der Waals surface area contributed by atoms with Gasteiger partial charge in [0.05, 0.1) is 11.9 Å². The Morgan fingerprint density at radius 3 is 2.60 bits per heavy atom. The predicted molar refractivity (Wildman–Crippen MR) is 117 cm³/mol. The van der Waals surface area contributed by atoms with E-state index in [2.05, 4.69) is 28.4 Å². The van der Waals surface area contributed by atoms with Gasteiger partial charge in [-0.15, -0.1) is 0 Å². The number of pyridine rings is 1. The molecular formula is C18H14FIN8O2. The van der Waals surface area contributed by atoms with Crippen LogP contribution in [0.2, 0.25) is 0 Å². The number of nitrogens with one attached hydrogen (secondary N) is 1. The number of halogens is 2. The molecule has 30 heavy (non-hydrogen) atoms. The first-order chi connectivity index (χ1) is 14.5. The Balaban J connectivity index is 1.80. The minimum atomic E-state index is -0.769. The van der Waals surface area contributed by atoms with E-state index in [0.717, 1.165) is 0 Å². The zero-order valence-electron chi connectivity index (χ0n) is 15.2. The van der Waals surface area contributed by atoms with E-state index in [1.807, 2.05) is 0 Å². The van der Waals surface area contributed by atoms with Gasteiger partial charge in [-0.2, -0.15) is 5.10 Å². The van der Waals surface area contributed by atoms with Crippen LogP contribution in [-0.4, -0.2) is 30.8 Å². The van der Waals surface area contributed by atoms with Crippen LogP contribution in [-0.2, 0) is 9.61 Å². The zero-order valence-corrected chi connectivity index (χ0v) is 17.4. The van der Waals surface area contributed by atoms with Crippen molar-refractivity contribution in [1.82, 2.24) is 24.7 Å². The van der Waals surface area contributed by atoms with Crippen LogP contribution in [0.25, 0.3) is 22.6 Å². The Hall–Kier alpha value is -3.55. The summed E-state index contributed by atoms with van der Waals surface area (Å²) in [6.07, 6.45) is 0.840. The van der Waals surface area contributed by atoms with Crippen molar-refractivity contribution >= 4 is 57.5 Å². The molecule has 1 amide bonds. The van der Waals surface area contributed by atoms with Crippen molar-refractivity contribution < 1.29 is 12.3 Å². The lowest BCUT2D eigenvalue weighted by molar-refractivity contribution is 0.228. The maximum absolute atomic E-state index is 14.1. The summed E-state index contributed by atoms with van der Waals surface area (Å²) in [5, 5.41) is 7.53. The van der Waals surface area contributed by atoms with Gasteiger partial charge in [-0.05, 0) is 18.2 Å². The van der Waals surface area contributed by atoms with Gasteiger partial charge in [0.15, 0.2) is 46.1 Å². The summed E-state index contributed by atoms with van der Waals surface area (Å²) in [7, 11) is 0. The number of anilines is 3. The molecule has 3 aromatic heterocycles. The molecular weight excluding hydrogens is 506 g/mol. The molecule has 1 aromatic carbocycles. The second-order valence-electron chi connectivity index (χ2n) is 6.15. The van der Waals surface area contributed by atoms with Gasteiger partial charge in [0.1, 0.15) is 17.2 Å². The lowest BCUT2D eigenvalue weighted by Crippen LogP contribution is -2.14. The van der Waals surface area contributed by atoms with Crippen LogP contribution in [0.1, 0.15) is 5.56 Å². The van der Waals surface area contributed by atoms with E-state index in [4.69, 9.17) is 11.5 Å². The topological polar surface area (TPSA) is 147 Å². The number of amides is 1. The van der Waals surface area contributed by atoms with Crippen molar-refractivity contribution in [3.63, 3.8) is 0 Å². The Labute approximate surface area is 183 Å². The number of hydrogen-bond donors (Lipinski definition) is 3. The van der Waals surface area contributed by atoms with Crippen LogP contribution in [0.4, 0.5) is 26.5 Å². The maximum Gasteiger partial charge on any atom is 0.421 e. The number of carbonyl (C=O) groups is 1. The van der Waals surface area contributed by atoms with Crippen LogP contribution in [0.15, 0.2) is 42.6 Å². The first-order valence-corrected chi connectivity index (χ1v) is 9.44. The van der Waals surface area contributed by atoms with E-state index in [9.17, 15) is 9.18 Å². The molecule has 152 valence electrons. The van der Waals surface area contributed by atoms with E-state index < -0.39 is 6.09 Å². The monoisotopic (exact) mass is 520 g/mol. The molecule has 10 nitrogen and oxygen atoms in total.